The van der Waals surface area contributed by atoms with Crippen molar-refractivity contribution in [1.29, 1.82) is 0 Å². The third-order valence-electron chi connectivity index (χ3n) is 5.08. The summed E-state index contributed by atoms with van der Waals surface area (Å²) in [6.07, 6.45) is -0.247. The average Bonchev–Trinajstić information content (AvgIpc) is 3.16. The number of aliphatic imine (C=N–C) groups is 1. The molecule has 0 bridgehead atoms. The Balaban J connectivity index is 1.91. The van der Waals surface area contributed by atoms with Crippen molar-refractivity contribution >= 4 is 11.9 Å². The summed E-state index contributed by atoms with van der Waals surface area (Å²) in [5, 5.41) is 19.4. The Kier molecular flexibility index (Phi) is 7.02. The van der Waals surface area contributed by atoms with Crippen molar-refractivity contribution in [3.8, 4) is 11.1 Å². The lowest BCUT2D eigenvalue weighted by Gasteiger charge is -2.13. The van der Waals surface area contributed by atoms with Crippen LogP contribution >= 0.6 is 0 Å². The molecule has 0 spiro atoms. The Morgan fingerprint density at radius 2 is 2.00 bits per heavy atom. The summed E-state index contributed by atoms with van der Waals surface area (Å²) in [4.78, 5) is 15.5. The number of guanidine groups is 1. The van der Waals surface area contributed by atoms with Crippen molar-refractivity contribution in [3.63, 3.8) is 0 Å². The first kappa shape index (κ1) is 22.0. The van der Waals surface area contributed by atoms with Crippen LogP contribution in [0.1, 0.15) is 35.4 Å². The van der Waals surface area contributed by atoms with Crippen molar-refractivity contribution < 1.29 is 18.8 Å². The molecule has 3 aromatic rings. The van der Waals surface area contributed by atoms with Crippen LogP contribution in [0.4, 0.5) is 4.39 Å². The van der Waals surface area contributed by atoms with E-state index in [2.05, 4.69) is 20.8 Å². The normalized spacial score (nSPS) is 12.5. The Labute approximate surface area is 180 Å². The molecule has 3 rings (SSSR count). The number of nitrogens with zero attached hydrogens (tertiary/aromatic N) is 2. The number of rotatable bonds is 7. The van der Waals surface area contributed by atoms with Crippen molar-refractivity contribution in [2.45, 2.75) is 25.8 Å². The number of benzene rings is 2. The van der Waals surface area contributed by atoms with Gasteiger partial charge in [0.1, 0.15) is 17.3 Å². The van der Waals surface area contributed by atoms with E-state index in [9.17, 15) is 14.3 Å². The fourth-order valence-electron chi connectivity index (χ4n) is 3.43. The highest BCUT2D eigenvalue weighted by Crippen LogP contribution is 2.32. The van der Waals surface area contributed by atoms with Crippen molar-refractivity contribution in [2.24, 2.45) is 4.99 Å². The minimum absolute atomic E-state index is 0.244. The molecule has 0 amide bonds. The van der Waals surface area contributed by atoms with Crippen LogP contribution in [0.5, 0.6) is 0 Å². The van der Waals surface area contributed by atoms with Crippen LogP contribution in [-0.4, -0.2) is 36.3 Å². The molecule has 0 radical (unpaired) electrons. The highest BCUT2D eigenvalue weighted by atomic mass is 19.1. The zero-order valence-corrected chi connectivity index (χ0v) is 17.6. The van der Waals surface area contributed by atoms with Crippen LogP contribution < -0.4 is 10.6 Å². The summed E-state index contributed by atoms with van der Waals surface area (Å²) in [5.74, 6) is -0.780. The molecule has 0 aliphatic heterocycles. The van der Waals surface area contributed by atoms with E-state index in [1.165, 1.54) is 6.07 Å². The highest BCUT2D eigenvalue weighted by molar-refractivity contribution is 5.79. The molecular formula is C23H25FN4O3. The van der Waals surface area contributed by atoms with Gasteiger partial charge in [-0.15, -0.1) is 0 Å². The first-order chi connectivity index (χ1) is 14.9. The van der Waals surface area contributed by atoms with Gasteiger partial charge < -0.3 is 20.3 Å². The number of carbonyl (C=O) groups is 1. The van der Waals surface area contributed by atoms with Gasteiger partial charge in [-0.2, -0.15) is 0 Å². The lowest BCUT2D eigenvalue weighted by Crippen LogP contribution is -2.34. The number of carboxylic acids is 1. The second-order valence-electron chi connectivity index (χ2n) is 7.05. The average molecular weight is 424 g/mol. The van der Waals surface area contributed by atoms with E-state index in [-0.39, 0.29) is 24.7 Å². The quantitative estimate of drug-likeness (QED) is 0.396. The van der Waals surface area contributed by atoms with Crippen molar-refractivity contribution in [3.05, 3.63) is 76.9 Å². The standard InChI is InChI=1S/C23H25FN4O3/c1-14(16-9-10-17(19(24)11-16)15-7-5-4-6-8-15)22-18(12-21(29)30)20(28-31-22)13-27-23(25-2)26-3/h4-11,14H,12-13H2,1-3H3,(H,29,30)(H2,25,26,27). The monoisotopic (exact) mass is 424 g/mol. The van der Waals surface area contributed by atoms with Crippen molar-refractivity contribution in [1.82, 2.24) is 15.8 Å². The van der Waals surface area contributed by atoms with Gasteiger partial charge >= 0.3 is 5.97 Å². The molecule has 0 saturated carbocycles. The van der Waals surface area contributed by atoms with Crippen LogP contribution in [-0.2, 0) is 17.8 Å². The van der Waals surface area contributed by atoms with E-state index in [4.69, 9.17) is 4.52 Å². The van der Waals surface area contributed by atoms with Gasteiger partial charge in [-0.3, -0.25) is 9.79 Å². The lowest BCUT2D eigenvalue weighted by molar-refractivity contribution is -0.136. The molecule has 8 heteroatoms. The van der Waals surface area contributed by atoms with E-state index in [0.29, 0.717) is 34.1 Å². The largest absolute Gasteiger partial charge is 0.481 e. The van der Waals surface area contributed by atoms with E-state index in [1.54, 1.807) is 20.2 Å². The zero-order chi connectivity index (χ0) is 22.4. The molecule has 3 N–H and O–H groups in total. The van der Waals surface area contributed by atoms with Gasteiger partial charge in [0, 0.05) is 31.1 Å². The molecule has 0 aliphatic rings. The Hall–Kier alpha value is -3.68. The number of hydrogen-bond donors (Lipinski definition) is 3. The highest BCUT2D eigenvalue weighted by Gasteiger charge is 2.25. The van der Waals surface area contributed by atoms with Crippen LogP contribution in [0.2, 0.25) is 0 Å². The molecule has 7 nitrogen and oxygen atoms in total. The van der Waals surface area contributed by atoms with Crippen LogP contribution in [0.15, 0.2) is 58.0 Å². The van der Waals surface area contributed by atoms with E-state index in [1.807, 2.05) is 43.3 Å². The molecule has 0 aliphatic carbocycles. The maximum absolute atomic E-state index is 14.8. The van der Waals surface area contributed by atoms with Gasteiger partial charge in [0.25, 0.3) is 0 Å². The fourth-order valence-corrected chi connectivity index (χ4v) is 3.43. The summed E-state index contributed by atoms with van der Waals surface area (Å²) < 4.78 is 20.4. The van der Waals surface area contributed by atoms with Crippen molar-refractivity contribution in [2.75, 3.05) is 14.1 Å². The molecular weight excluding hydrogens is 399 g/mol. The topological polar surface area (TPSA) is 99.8 Å². The molecule has 0 fully saturated rings. The summed E-state index contributed by atoms with van der Waals surface area (Å²) in [5.41, 5.74) is 2.92. The molecule has 1 atom stereocenters. The first-order valence-electron chi connectivity index (χ1n) is 9.87. The maximum atomic E-state index is 14.8. The zero-order valence-electron chi connectivity index (χ0n) is 17.6. The van der Waals surface area contributed by atoms with Gasteiger partial charge in [-0.1, -0.05) is 54.5 Å². The first-order valence-corrected chi connectivity index (χ1v) is 9.87. The molecule has 2 aromatic carbocycles. The fraction of sp³-hybridized carbons (Fsp3) is 0.261. The van der Waals surface area contributed by atoms with Crippen LogP contribution in [0, 0.1) is 5.82 Å². The SMILES string of the molecule is CN=C(NC)NCc1noc(C(C)c2ccc(-c3ccccc3)c(F)c2)c1CC(=O)O. The van der Waals surface area contributed by atoms with Gasteiger partial charge in [-0.25, -0.2) is 4.39 Å². The van der Waals surface area contributed by atoms with E-state index >= 15 is 0 Å². The molecule has 1 unspecified atom stereocenters. The van der Waals surface area contributed by atoms with Gasteiger partial charge in [0.15, 0.2) is 5.96 Å². The second-order valence-corrected chi connectivity index (χ2v) is 7.05. The van der Waals surface area contributed by atoms with E-state index in [0.717, 1.165) is 5.56 Å². The van der Waals surface area contributed by atoms with E-state index < -0.39 is 5.97 Å². The third-order valence-corrected chi connectivity index (χ3v) is 5.08. The summed E-state index contributed by atoms with van der Waals surface area (Å²) >= 11 is 0. The molecule has 0 saturated heterocycles. The predicted octanol–water partition coefficient (Wildman–Crippen LogP) is 3.55. The third kappa shape index (κ3) is 5.09. The number of nitrogens with one attached hydrogen (secondary N) is 2. The Morgan fingerprint density at radius 3 is 2.61 bits per heavy atom. The smallest absolute Gasteiger partial charge is 0.308 e. The van der Waals surface area contributed by atoms with Crippen LogP contribution in [0.3, 0.4) is 0 Å². The number of aliphatic carboxylic acids is 1. The van der Waals surface area contributed by atoms with Gasteiger partial charge in [0.05, 0.1) is 13.0 Å². The minimum Gasteiger partial charge on any atom is -0.481 e. The summed E-state index contributed by atoms with van der Waals surface area (Å²) in [6.45, 7) is 2.08. The molecule has 162 valence electrons. The summed E-state index contributed by atoms with van der Waals surface area (Å²) in [7, 11) is 3.35. The Bertz CT molecular complexity index is 1080. The number of hydrogen-bond acceptors (Lipinski definition) is 4. The minimum atomic E-state index is -0.999. The molecule has 31 heavy (non-hydrogen) atoms. The number of carboxylic acid groups (broad SMARTS) is 1. The van der Waals surface area contributed by atoms with Gasteiger partial charge in [0.2, 0.25) is 0 Å². The predicted molar refractivity (Wildman–Crippen MR) is 116 cm³/mol. The van der Waals surface area contributed by atoms with Gasteiger partial charge in [-0.05, 0) is 17.2 Å². The number of aromatic nitrogens is 1. The lowest BCUT2D eigenvalue weighted by atomic mass is 9.92. The second kappa shape index (κ2) is 9.88. The molecule has 1 aromatic heterocycles. The molecule has 1 heterocycles. The summed E-state index contributed by atoms with van der Waals surface area (Å²) in [6, 6.07) is 14.3. The maximum Gasteiger partial charge on any atom is 0.308 e. The van der Waals surface area contributed by atoms with Crippen LogP contribution in [0.25, 0.3) is 11.1 Å². The number of halogens is 1. The Morgan fingerprint density at radius 1 is 1.26 bits per heavy atom.